The van der Waals surface area contributed by atoms with Gasteiger partial charge in [0.05, 0.1) is 28.8 Å². The van der Waals surface area contributed by atoms with Gasteiger partial charge >= 0.3 is 12.1 Å². The zero-order chi connectivity index (χ0) is 28.3. The molecule has 38 heavy (non-hydrogen) atoms. The lowest BCUT2D eigenvalue weighted by Gasteiger charge is -2.23. The summed E-state index contributed by atoms with van der Waals surface area (Å²) < 4.78 is 70.7. The van der Waals surface area contributed by atoms with Crippen molar-refractivity contribution in [2.75, 3.05) is 12.4 Å². The van der Waals surface area contributed by atoms with Gasteiger partial charge in [-0.05, 0) is 54.6 Å². The van der Waals surface area contributed by atoms with Gasteiger partial charge in [-0.25, -0.2) is 13.2 Å². The number of carboxylic acids is 1. The van der Waals surface area contributed by atoms with Crippen LogP contribution < -0.4 is 10.1 Å². The number of sulfonamides is 1. The van der Waals surface area contributed by atoms with Crippen LogP contribution in [0.15, 0.2) is 90.0 Å². The predicted octanol–water partition coefficient (Wildman–Crippen LogP) is 4.40. The van der Waals surface area contributed by atoms with Crippen molar-refractivity contribution in [3.8, 4) is 5.75 Å². The molecule has 0 aliphatic heterocycles. The number of carbonyl (C=O) groups excluding carboxylic acids is 2. The summed E-state index contributed by atoms with van der Waals surface area (Å²) in [5.74, 6) is -3.94. The molecular formula is C25H19F3N2O7S. The lowest BCUT2D eigenvalue weighted by atomic mass is 10.1. The fraction of sp³-hybridized carbons (Fsp3) is 0.0800. The first-order chi connectivity index (χ1) is 17.8. The normalized spacial score (nSPS) is 11.4. The number of hydrogen-bond donors (Lipinski definition) is 2. The summed E-state index contributed by atoms with van der Waals surface area (Å²) in [6.45, 7) is 3.21. The second-order valence-electron chi connectivity index (χ2n) is 7.58. The number of nitrogens with one attached hydrogen (secondary N) is 1. The Kier molecular flexibility index (Phi) is 7.91. The molecule has 9 nitrogen and oxygen atoms in total. The molecule has 0 heterocycles. The van der Waals surface area contributed by atoms with Crippen molar-refractivity contribution in [2.24, 2.45) is 0 Å². The second-order valence-corrected chi connectivity index (χ2v) is 9.37. The van der Waals surface area contributed by atoms with Crippen molar-refractivity contribution in [3.05, 3.63) is 102 Å². The molecule has 3 rings (SSSR count). The Morgan fingerprint density at radius 3 is 2.18 bits per heavy atom. The number of anilines is 1. The molecule has 0 spiro atoms. The van der Waals surface area contributed by atoms with Crippen LogP contribution in [0.5, 0.6) is 5.75 Å². The molecule has 2 amide bonds. The number of carboxylic acid groups (broad SMARTS) is 1. The van der Waals surface area contributed by atoms with Gasteiger partial charge in [-0.15, -0.1) is 0 Å². The Bertz CT molecular complexity index is 1520. The number of halogens is 3. The van der Waals surface area contributed by atoms with E-state index in [-0.39, 0.29) is 15.6 Å². The van der Waals surface area contributed by atoms with Crippen molar-refractivity contribution in [3.63, 3.8) is 0 Å². The third kappa shape index (κ3) is 5.83. The van der Waals surface area contributed by atoms with Crippen LogP contribution in [0.2, 0.25) is 0 Å². The van der Waals surface area contributed by atoms with Crippen LogP contribution >= 0.6 is 0 Å². The maximum Gasteiger partial charge on any atom is 0.416 e. The summed E-state index contributed by atoms with van der Waals surface area (Å²) in [5.41, 5.74) is -3.33. The van der Waals surface area contributed by atoms with E-state index in [2.05, 4.69) is 11.9 Å². The molecular weight excluding hydrogens is 529 g/mol. The number of nitrogens with zero attached hydrogens (tertiary/aromatic N) is 1. The van der Waals surface area contributed by atoms with Gasteiger partial charge in [-0.3, -0.25) is 9.59 Å². The van der Waals surface area contributed by atoms with E-state index < -0.39 is 55.7 Å². The summed E-state index contributed by atoms with van der Waals surface area (Å²) in [7, 11) is -3.48. The van der Waals surface area contributed by atoms with Crippen LogP contribution in [0.3, 0.4) is 0 Å². The highest BCUT2D eigenvalue weighted by molar-refractivity contribution is 7.89. The van der Waals surface area contributed by atoms with Crippen LogP contribution in [0.4, 0.5) is 18.9 Å². The standard InChI is InChI=1S/C25H19F3N2O7S/c1-15(24(33)34)30(38(35,36)19-12-10-18(37-2)11-13-19)23(32)20-8-3-4-9-21(20)29-22(31)16-6-5-7-17(14-16)25(26,27)28/h3-14H,1H2,2H3,(H,29,31)(H,33,34). The number of aliphatic carboxylic acids is 1. The largest absolute Gasteiger partial charge is 0.497 e. The van der Waals surface area contributed by atoms with Gasteiger partial charge in [-0.1, -0.05) is 24.8 Å². The van der Waals surface area contributed by atoms with Gasteiger partial charge in [0.2, 0.25) is 0 Å². The van der Waals surface area contributed by atoms with Crippen LogP contribution in [-0.4, -0.2) is 42.7 Å². The first kappa shape index (κ1) is 27.9. The predicted molar refractivity (Wildman–Crippen MR) is 129 cm³/mol. The van der Waals surface area contributed by atoms with E-state index in [0.717, 1.165) is 36.4 Å². The monoisotopic (exact) mass is 548 g/mol. The van der Waals surface area contributed by atoms with Crippen molar-refractivity contribution in [1.82, 2.24) is 4.31 Å². The van der Waals surface area contributed by atoms with Gasteiger partial charge < -0.3 is 15.2 Å². The third-order valence-electron chi connectivity index (χ3n) is 5.13. The van der Waals surface area contributed by atoms with Gasteiger partial charge in [0.25, 0.3) is 21.8 Å². The minimum absolute atomic E-state index is 0.0353. The van der Waals surface area contributed by atoms with E-state index in [1.54, 1.807) is 0 Å². The Balaban J connectivity index is 2.04. The molecule has 3 aromatic rings. The highest BCUT2D eigenvalue weighted by Crippen LogP contribution is 2.30. The minimum atomic E-state index is -4.83. The number of ether oxygens (including phenoxy) is 1. The summed E-state index contributed by atoms with van der Waals surface area (Å²) in [6, 6.07) is 13.2. The highest BCUT2D eigenvalue weighted by Gasteiger charge is 2.36. The third-order valence-corrected chi connectivity index (χ3v) is 6.87. The number of para-hydroxylation sites is 1. The van der Waals surface area contributed by atoms with Gasteiger partial charge in [0, 0.05) is 5.56 Å². The molecule has 2 N–H and O–H groups in total. The number of rotatable bonds is 8. The Hall–Kier alpha value is -4.65. The average molecular weight is 548 g/mol. The highest BCUT2D eigenvalue weighted by atomic mass is 32.2. The smallest absolute Gasteiger partial charge is 0.416 e. The van der Waals surface area contributed by atoms with E-state index in [9.17, 15) is 41.1 Å². The van der Waals surface area contributed by atoms with E-state index >= 15 is 0 Å². The lowest BCUT2D eigenvalue weighted by molar-refractivity contribution is -0.137. The minimum Gasteiger partial charge on any atom is -0.497 e. The van der Waals surface area contributed by atoms with Gasteiger partial charge in [0.1, 0.15) is 11.4 Å². The molecule has 0 saturated heterocycles. The van der Waals surface area contributed by atoms with Gasteiger partial charge in [-0.2, -0.15) is 17.5 Å². The molecule has 0 atom stereocenters. The summed E-state index contributed by atoms with van der Waals surface area (Å²) in [6.07, 6.45) is -4.71. The molecule has 3 aromatic carbocycles. The molecule has 0 saturated carbocycles. The van der Waals surface area contributed by atoms with Crippen LogP contribution in [-0.2, 0) is 21.0 Å². The number of carbonyl (C=O) groups is 3. The van der Waals surface area contributed by atoms with Crippen molar-refractivity contribution < 1.29 is 45.8 Å². The lowest BCUT2D eigenvalue weighted by Crippen LogP contribution is -2.39. The Labute approximate surface area is 214 Å². The van der Waals surface area contributed by atoms with E-state index in [1.165, 1.54) is 37.4 Å². The quantitative estimate of drug-likeness (QED) is 0.399. The zero-order valence-electron chi connectivity index (χ0n) is 19.5. The molecule has 13 heteroatoms. The van der Waals surface area contributed by atoms with E-state index in [1.807, 2.05) is 0 Å². The number of amides is 2. The fourth-order valence-corrected chi connectivity index (χ4v) is 4.61. The summed E-state index contributed by atoms with van der Waals surface area (Å²) in [5, 5.41) is 11.7. The molecule has 0 aromatic heterocycles. The van der Waals surface area contributed by atoms with Crippen molar-refractivity contribution >= 4 is 33.5 Å². The first-order valence-electron chi connectivity index (χ1n) is 10.5. The van der Waals surface area contributed by atoms with Crippen LogP contribution in [0.1, 0.15) is 26.3 Å². The van der Waals surface area contributed by atoms with Crippen LogP contribution in [0, 0.1) is 0 Å². The first-order valence-corrected chi connectivity index (χ1v) is 11.9. The molecule has 0 unspecified atom stereocenters. The SMILES string of the molecule is C=C(C(=O)O)N(C(=O)c1ccccc1NC(=O)c1cccc(C(F)(F)F)c1)S(=O)(=O)c1ccc(OC)cc1. The molecule has 198 valence electrons. The maximum atomic E-state index is 13.5. The van der Waals surface area contributed by atoms with Crippen LogP contribution in [0.25, 0.3) is 0 Å². The molecule has 0 aliphatic rings. The topological polar surface area (TPSA) is 130 Å². The molecule has 0 radical (unpaired) electrons. The average Bonchev–Trinajstić information content (AvgIpc) is 2.88. The Morgan fingerprint density at radius 2 is 1.61 bits per heavy atom. The van der Waals surface area contributed by atoms with E-state index in [4.69, 9.17) is 4.74 Å². The second kappa shape index (κ2) is 10.8. The van der Waals surface area contributed by atoms with Crippen molar-refractivity contribution in [1.29, 1.82) is 0 Å². The number of methoxy groups -OCH3 is 1. The molecule has 0 bridgehead atoms. The Morgan fingerprint density at radius 1 is 0.974 bits per heavy atom. The zero-order valence-corrected chi connectivity index (χ0v) is 20.3. The summed E-state index contributed by atoms with van der Waals surface area (Å²) >= 11 is 0. The van der Waals surface area contributed by atoms with Gasteiger partial charge in [0.15, 0.2) is 0 Å². The number of benzene rings is 3. The number of alkyl halides is 3. The fourth-order valence-electron chi connectivity index (χ4n) is 3.24. The summed E-state index contributed by atoms with van der Waals surface area (Å²) in [4.78, 5) is 37.4. The maximum absolute atomic E-state index is 13.5. The number of hydrogen-bond acceptors (Lipinski definition) is 6. The molecule has 0 fully saturated rings. The van der Waals surface area contributed by atoms with E-state index in [0.29, 0.717) is 11.8 Å². The molecule has 0 aliphatic carbocycles. The van der Waals surface area contributed by atoms with Crippen molar-refractivity contribution in [2.45, 2.75) is 11.1 Å².